The topological polar surface area (TPSA) is 49.0 Å². The molecule has 19 heavy (non-hydrogen) atoms. The van der Waals surface area contributed by atoms with Crippen molar-refractivity contribution >= 4 is 21.6 Å². The van der Waals surface area contributed by atoms with Gasteiger partial charge >= 0.3 is 6.18 Å². The van der Waals surface area contributed by atoms with Gasteiger partial charge in [-0.3, -0.25) is 9.69 Å². The van der Waals surface area contributed by atoms with Crippen LogP contribution in [0.4, 0.5) is 13.2 Å². The van der Waals surface area contributed by atoms with Crippen LogP contribution >= 0.6 is 11.3 Å². The molecule has 0 amide bonds. The Morgan fingerprint density at radius 3 is 3.00 bits per heavy atom. The fraction of sp³-hybridized carbons (Fsp3) is 0.455. The lowest BCUT2D eigenvalue weighted by Gasteiger charge is -2.27. The highest BCUT2D eigenvalue weighted by atomic mass is 32.1. The van der Waals surface area contributed by atoms with E-state index in [1.165, 1.54) is 22.6 Å². The van der Waals surface area contributed by atoms with Crippen LogP contribution < -0.4 is 5.56 Å². The second-order valence-corrected chi connectivity index (χ2v) is 5.58. The largest absolute Gasteiger partial charge is 0.401 e. The molecule has 4 nitrogen and oxygen atoms in total. The lowest BCUT2D eigenvalue weighted by molar-refractivity contribution is -0.147. The van der Waals surface area contributed by atoms with Gasteiger partial charge in [-0.1, -0.05) is 0 Å². The Kier molecular flexibility index (Phi) is 2.86. The summed E-state index contributed by atoms with van der Waals surface area (Å²) in [5, 5.41) is 0.536. The molecule has 1 aliphatic heterocycles. The Labute approximate surface area is 109 Å². The first-order valence-electron chi connectivity index (χ1n) is 5.71. The standard InChI is InChI=1S/C11H10F3N3OS/c12-11(13,14)4-17-2-1-6-7(3-17)19-10-8(6)9(18)15-5-16-10/h5H,1-4H2,(H,15,16,18). The molecule has 102 valence electrons. The molecule has 1 aliphatic rings. The predicted octanol–water partition coefficient (Wildman–Crippen LogP) is 1.91. The van der Waals surface area contributed by atoms with Crippen molar-refractivity contribution in [2.45, 2.75) is 19.1 Å². The van der Waals surface area contributed by atoms with Gasteiger partial charge in [-0.25, -0.2) is 4.98 Å². The van der Waals surface area contributed by atoms with E-state index in [0.717, 1.165) is 10.4 Å². The van der Waals surface area contributed by atoms with Crippen LogP contribution in [0.3, 0.4) is 0 Å². The molecule has 3 heterocycles. The van der Waals surface area contributed by atoms with E-state index in [4.69, 9.17) is 0 Å². The molecule has 0 unspecified atom stereocenters. The number of thiophene rings is 1. The summed E-state index contributed by atoms with van der Waals surface area (Å²) in [4.78, 5) is 21.1. The average molecular weight is 289 g/mol. The molecule has 3 rings (SSSR count). The number of fused-ring (bicyclic) bond motifs is 3. The van der Waals surface area contributed by atoms with Crippen molar-refractivity contribution in [3.05, 3.63) is 27.1 Å². The summed E-state index contributed by atoms with van der Waals surface area (Å²) >= 11 is 1.30. The van der Waals surface area contributed by atoms with E-state index in [0.29, 0.717) is 23.2 Å². The first-order chi connectivity index (χ1) is 8.94. The quantitative estimate of drug-likeness (QED) is 0.872. The molecule has 2 aromatic rings. The lowest BCUT2D eigenvalue weighted by atomic mass is 10.1. The maximum Gasteiger partial charge on any atom is 0.401 e. The average Bonchev–Trinajstić information content (AvgIpc) is 2.65. The molecular weight excluding hydrogens is 279 g/mol. The number of aromatic amines is 1. The first-order valence-corrected chi connectivity index (χ1v) is 6.53. The molecule has 8 heteroatoms. The van der Waals surface area contributed by atoms with Crippen molar-refractivity contribution in [2.24, 2.45) is 0 Å². The molecule has 0 saturated heterocycles. The van der Waals surface area contributed by atoms with E-state index in [1.54, 1.807) is 0 Å². The third-order valence-corrected chi connectivity index (χ3v) is 4.25. The van der Waals surface area contributed by atoms with Crippen LogP contribution in [0.15, 0.2) is 11.1 Å². The number of hydrogen-bond donors (Lipinski definition) is 1. The highest BCUT2D eigenvalue weighted by Crippen LogP contribution is 2.32. The summed E-state index contributed by atoms with van der Waals surface area (Å²) in [5.41, 5.74) is 0.638. The number of halogens is 3. The summed E-state index contributed by atoms with van der Waals surface area (Å²) in [5.74, 6) is 0. The minimum Gasteiger partial charge on any atom is -0.313 e. The highest BCUT2D eigenvalue weighted by Gasteiger charge is 2.33. The summed E-state index contributed by atoms with van der Waals surface area (Å²) in [6.07, 6.45) is -2.41. The van der Waals surface area contributed by atoms with Gasteiger partial charge in [0.1, 0.15) is 4.83 Å². The molecule has 0 atom stereocenters. The van der Waals surface area contributed by atoms with Gasteiger partial charge in [0.25, 0.3) is 5.56 Å². The number of alkyl halides is 3. The SMILES string of the molecule is O=c1[nH]cnc2sc3c(c12)CCN(CC(F)(F)F)C3. The molecule has 1 N–H and O–H groups in total. The number of nitrogens with one attached hydrogen (secondary N) is 1. The fourth-order valence-electron chi connectivity index (χ4n) is 2.38. The maximum absolute atomic E-state index is 12.4. The molecule has 0 bridgehead atoms. The zero-order valence-corrected chi connectivity index (χ0v) is 10.6. The van der Waals surface area contributed by atoms with Gasteiger partial charge < -0.3 is 4.98 Å². The molecule has 0 fully saturated rings. The Morgan fingerprint density at radius 2 is 2.26 bits per heavy atom. The molecular formula is C11H10F3N3OS. The van der Waals surface area contributed by atoms with Crippen molar-refractivity contribution in [2.75, 3.05) is 13.1 Å². The predicted molar refractivity (Wildman–Crippen MR) is 65.3 cm³/mol. The molecule has 0 aliphatic carbocycles. The first kappa shape index (κ1) is 12.6. The van der Waals surface area contributed by atoms with Crippen LogP contribution in [0, 0.1) is 0 Å². The van der Waals surface area contributed by atoms with E-state index >= 15 is 0 Å². The van der Waals surface area contributed by atoms with Crippen molar-refractivity contribution < 1.29 is 13.2 Å². The Bertz CT molecular complexity index is 676. The summed E-state index contributed by atoms with van der Waals surface area (Å²) < 4.78 is 37.1. The van der Waals surface area contributed by atoms with Gasteiger partial charge in [0.15, 0.2) is 0 Å². The Morgan fingerprint density at radius 1 is 1.47 bits per heavy atom. The number of nitrogens with zero attached hydrogens (tertiary/aromatic N) is 2. The summed E-state index contributed by atoms with van der Waals surface area (Å²) in [7, 11) is 0. The summed E-state index contributed by atoms with van der Waals surface area (Å²) in [6.45, 7) is -0.369. The lowest BCUT2D eigenvalue weighted by Crippen LogP contribution is -2.37. The highest BCUT2D eigenvalue weighted by molar-refractivity contribution is 7.18. The van der Waals surface area contributed by atoms with Crippen molar-refractivity contribution in [3.63, 3.8) is 0 Å². The third-order valence-electron chi connectivity index (χ3n) is 3.12. The number of H-pyrrole nitrogens is 1. The smallest absolute Gasteiger partial charge is 0.313 e. The van der Waals surface area contributed by atoms with Gasteiger partial charge in [-0.2, -0.15) is 13.2 Å². The third kappa shape index (κ3) is 2.37. The molecule has 2 aromatic heterocycles. The van der Waals surface area contributed by atoms with Gasteiger partial charge in [0.05, 0.1) is 18.3 Å². The monoisotopic (exact) mass is 289 g/mol. The Hall–Kier alpha value is -1.41. The molecule has 0 aromatic carbocycles. The van der Waals surface area contributed by atoms with E-state index in [-0.39, 0.29) is 12.1 Å². The number of hydrogen-bond acceptors (Lipinski definition) is 4. The van der Waals surface area contributed by atoms with Crippen molar-refractivity contribution in [1.29, 1.82) is 0 Å². The Balaban J connectivity index is 1.96. The number of aromatic nitrogens is 2. The van der Waals surface area contributed by atoms with Gasteiger partial charge in [0.2, 0.25) is 0 Å². The fourth-order valence-corrected chi connectivity index (χ4v) is 3.61. The van der Waals surface area contributed by atoms with E-state index in [2.05, 4.69) is 9.97 Å². The molecule has 0 radical (unpaired) electrons. The van der Waals surface area contributed by atoms with Crippen molar-refractivity contribution in [3.8, 4) is 0 Å². The van der Waals surface area contributed by atoms with E-state index in [1.807, 2.05) is 0 Å². The van der Waals surface area contributed by atoms with Crippen LogP contribution in [0.2, 0.25) is 0 Å². The molecule has 0 spiro atoms. The zero-order valence-electron chi connectivity index (χ0n) is 9.75. The zero-order chi connectivity index (χ0) is 13.6. The van der Waals surface area contributed by atoms with Crippen LogP contribution in [0.25, 0.3) is 10.2 Å². The van der Waals surface area contributed by atoms with Crippen LogP contribution in [0.5, 0.6) is 0 Å². The molecule has 0 saturated carbocycles. The van der Waals surface area contributed by atoms with E-state index in [9.17, 15) is 18.0 Å². The van der Waals surface area contributed by atoms with Gasteiger partial charge in [-0.05, 0) is 12.0 Å². The van der Waals surface area contributed by atoms with Crippen LogP contribution in [-0.4, -0.2) is 34.1 Å². The second-order valence-electron chi connectivity index (χ2n) is 4.49. The number of rotatable bonds is 1. The van der Waals surface area contributed by atoms with Gasteiger partial charge in [-0.15, -0.1) is 11.3 Å². The maximum atomic E-state index is 12.4. The normalized spacial score (nSPS) is 16.8. The summed E-state index contributed by atoms with van der Waals surface area (Å²) in [6, 6.07) is 0. The van der Waals surface area contributed by atoms with Gasteiger partial charge in [0, 0.05) is 18.0 Å². The minimum absolute atomic E-state index is 0.216. The van der Waals surface area contributed by atoms with Crippen LogP contribution in [-0.2, 0) is 13.0 Å². The van der Waals surface area contributed by atoms with Crippen molar-refractivity contribution in [1.82, 2.24) is 14.9 Å². The van der Waals surface area contributed by atoms with Crippen LogP contribution in [0.1, 0.15) is 10.4 Å². The second kappa shape index (κ2) is 4.31. The minimum atomic E-state index is -4.19. The van der Waals surface area contributed by atoms with E-state index < -0.39 is 12.7 Å².